The van der Waals surface area contributed by atoms with Gasteiger partial charge in [-0.1, -0.05) is 6.07 Å². The number of fused-ring (bicyclic) bond motifs is 1. The van der Waals surface area contributed by atoms with Crippen LogP contribution in [0.3, 0.4) is 0 Å². The Morgan fingerprint density at radius 3 is 2.72 bits per heavy atom. The zero-order valence-electron chi connectivity index (χ0n) is 17.9. The van der Waals surface area contributed by atoms with Crippen molar-refractivity contribution in [2.24, 2.45) is 5.92 Å². The molecule has 2 saturated heterocycles. The van der Waals surface area contributed by atoms with Crippen LogP contribution < -0.4 is 5.32 Å². The van der Waals surface area contributed by atoms with Gasteiger partial charge in [-0.05, 0) is 56.8 Å². The van der Waals surface area contributed by atoms with E-state index in [-0.39, 0.29) is 5.91 Å². The number of carbonyl (C=O) groups excluding carboxylic acids is 1. The predicted molar refractivity (Wildman–Crippen MR) is 117 cm³/mol. The summed E-state index contributed by atoms with van der Waals surface area (Å²) in [4.78, 5) is 19.9. The van der Waals surface area contributed by atoms with Crippen LogP contribution in [0.1, 0.15) is 48.5 Å². The van der Waals surface area contributed by atoms with Crippen molar-refractivity contribution < 1.29 is 9.90 Å². The maximum Gasteiger partial charge on any atom is 0.254 e. The number of aliphatic hydroxyl groups excluding tert-OH is 1. The lowest BCUT2D eigenvalue weighted by Gasteiger charge is -2.37. The predicted octanol–water partition coefficient (Wildman–Crippen LogP) is 2.07. The molecule has 2 N–H and O–H groups in total. The number of piperidine rings is 1. The lowest BCUT2D eigenvalue weighted by atomic mass is 9.95. The van der Waals surface area contributed by atoms with Crippen LogP contribution in [0, 0.1) is 5.92 Å². The number of anilines is 1. The van der Waals surface area contributed by atoms with Gasteiger partial charge in [0.1, 0.15) is 0 Å². The third-order valence-electron chi connectivity index (χ3n) is 6.95. The second-order valence-electron chi connectivity index (χ2n) is 9.25. The van der Waals surface area contributed by atoms with Gasteiger partial charge in [0.15, 0.2) is 0 Å². The van der Waals surface area contributed by atoms with E-state index in [2.05, 4.69) is 41.1 Å². The lowest BCUT2D eigenvalue weighted by Crippen LogP contribution is -2.50. The molecule has 29 heavy (non-hydrogen) atoms. The maximum absolute atomic E-state index is 13.0. The van der Waals surface area contributed by atoms with Crippen molar-refractivity contribution >= 4 is 11.6 Å². The zero-order valence-corrected chi connectivity index (χ0v) is 17.9. The van der Waals surface area contributed by atoms with Gasteiger partial charge in [0.25, 0.3) is 5.91 Å². The average Bonchev–Trinajstić information content (AvgIpc) is 3.15. The third kappa shape index (κ3) is 4.60. The molecular weight excluding hydrogens is 364 g/mol. The minimum Gasteiger partial charge on any atom is -0.396 e. The fourth-order valence-corrected chi connectivity index (χ4v) is 5.11. The molecule has 1 aromatic carbocycles. The van der Waals surface area contributed by atoms with Crippen molar-refractivity contribution in [2.75, 3.05) is 64.3 Å². The summed E-state index contributed by atoms with van der Waals surface area (Å²) in [6.07, 6.45) is 2.32. The van der Waals surface area contributed by atoms with Crippen molar-refractivity contribution in [1.29, 1.82) is 0 Å². The number of nitrogens with one attached hydrogen (secondary N) is 1. The molecule has 0 aromatic heterocycles. The van der Waals surface area contributed by atoms with E-state index in [4.69, 9.17) is 0 Å². The maximum atomic E-state index is 13.0. The number of amides is 1. The van der Waals surface area contributed by atoms with E-state index in [0.29, 0.717) is 24.5 Å². The van der Waals surface area contributed by atoms with Gasteiger partial charge in [0.05, 0.1) is 0 Å². The molecule has 4 rings (SSSR count). The summed E-state index contributed by atoms with van der Waals surface area (Å²) in [7, 11) is 0. The number of benzene rings is 1. The van der Waals surface area contributed by atoms with Gasteiger partial charge in [0.2, 0.25) is 0 Å². The molecule has 1 amide bonds. The molecule has 3 heterocycles. The van der Waals surface area contributed by atoms with Crippen molar-refractivity contribution in [3.63, 3.8) is 0 Å². The van der Waals surface area contributed by atoms with E-state index < -0.39 is 0 Å². The molecule has 6 heteroatoms. The molecular formula is C23H36N4O2. The van der Waals surface area contributed by atoms with Gasteiger partial charge >= 0.3 is 0 Å². The van der Waals surface area contributed by atoms with E-state index in [0.717, 1.165) is 70.0 Å². The summed E-state index contributed by atoms with van der Waals surface area (Å²) in [5, 5.41) is 13.0. The fraction of sp³-hybridized carbons (Fsp3) is 0.696. The third-order valence-corrected chi connectivity index (χ3v) is 6.95. The minimum absolute atomic E-state index is 0.156. The Bertz CT molecular complexity index is 715. The standard InChI is InChI=1S/C23H36N4O2/c1-17(2)26-8-10-27(11-9-26)23(29)19-5-6-21-20(13-24-22(21)12-19)15-25-7-3-4-18(14-25)16-28/h5-6,12,17-18,20,24,28H,3-4,7-11,13-16H2,1-2H3. The molecule has 2 unspecified atom stereocenters. The normalized spacial score (nSPS) is 25.9. The van der Waals surface area contributed by atoms with Crippen molar-refractivity contribution in [3.8, 4) is 0 Å². The quantitative estimate of drug-likeness (QED) is 0.792. The number of rotatable bonds is 5. The van der Waals surface area contributed by atoms with Crippen LogP contribution in [0.4, 0.5) is 5.69 Å². The summed E-state index contributed by atoms with van der Waals surface area (Å²) in [5.74, 6) is 1.04. The van der Waals surface area contributed by atoms with Gasteiger partial charge < -0.3 is 20.2 Å². The van der Waals surface area contributed by atoms with E-state index in [9.17, 15) is 9.90 Å². The zero-order chi connectivity index (χ0) is 20.4. The summed E-state index contributed by atoms with van der Waals surface area (Å²) < 4.78 is 0. The van der Waals surface area contributed by atoms with Crippen LogP contribution in [0.2, 0.25) is 0 Å². The Morgan fingerprint density at radius 1 is 1.21 bits per heavy atom. The van der Waals surface area contributed by atoms with Crippen LogP contribution in [-0.2, 0) is 0 Å². The van der Waals surface area contributed by atoms with E-state index >= 15 is 0 Å². The molecule has 0 saturated carbocycles. The molecule has 1 aromatic rings. The molecule has 3 aliphatic heterocycles. The highest BCUT2D eigenvalue weighted by Crippen LogP contribution is 2.34. The molecule has 2 atom stereocenters. The number of piperazine rings is 1. The second-order valence-corrected chi connectivity index (χ2v) is 9.25. The average molecular weight is 401 g/mol. The first kappa shape index (κ1) is 20.6. The monoisotopic (exact) mass is 400 g/mol. The molecule has 6 nitrogen and oxygen atoms in total. The van der Waals surface area contributed by atoms with E-state index in [1.54, 1.807) is 0 Å². The Balaban J connectivity index is 1.37. The summed E-state index contributed by atoms with van der Waals surface area (Å²) in [6.45, 7) is 12.4. The fourth-order valence-electron chi connectivity index (χ4n) is 5.11. The Labute approximate surface area is 174 Å². The molecule has 3 aliphatic rings. The summed E-state index contributed by atoms with van der Waals surface area (Å²) in [5.41, 5.74) is 3.25. The largest absolute Gasteiger partial charge is 0.396 e. The molecule has 0 spiro atoms. The van der Waals surface area contributed by atoms with Crippen LogP contribution in [0.25, 0.3) is 0 Å². The van der Waals surface area contributed by atoms with Gasteiger partial charge in [-0.3, -0.25) is 9.69 Å². The molecule has 160 valence electrons. The first-order valence-electron chi connectivity index (χ1n) is 11.3. The summed E-state index contributed by atoms with van der Waals surface area (Å²) in [6, 6.07) is 6.77. The molecule has 2 fully saturated rings. The van der Waals surface area contributed by atoms with Crippen LogP contribution in [0.5, 0.6) is 0 Å². The Kier molecular flexibility index (Phi) is 6.42. The molecule has 0 bridgehead atoms. The smallest absolute Gasteiger partial charge is 0.254 e. The van der Waals surface area contributed by atoms with Crippen molar-refractivity contribution in [2.45, 2.75) is 38.6 Å². The lowest BCUT2D eigenvalue weighted by molar-refractivity contribution is 0.0595. The minimum atomic E-state index is 0.156. The first-order chi connectivity index (χ1) is 14.0. The van der Waals surface area contributed by atoms with Gasteiger partial charge in [-0.25, -0.2) is 0 Å². The number of aliphatic hydroxyl groups is 1. The number of likely N-dealkylation sites (tertiary alicyclic amines) is 1. The number of hydrogen-bond donors (Lipinski definition) is 2. The van der Waals surface area contributed by atoms with E-state index in [1.165, 1.54) is 12.0 Å². The van der Waals surface area contributed by atoms with Gasteiger partial charge in [-0.2, -0.15) is 0 Å². The second kappa shape index (κ2) is 9.02. The van der Waals surface area contributed by atoms with Crippen LogP contribution in [0.15, 0.2) is 18.2 Å². The Morgan fingerprint density at radius 2 is 2.00 bits per heavy atom. The SMILES string of the molecule is CC(C)N1CCN(C(=O)c2ccc3c(c2)NCC3CN2CCCC(CO)C2)CC1. The highest BCUT2D eigenvalue weighted by atomic mass is 16.3. The van der Waals surface area contributed by atoms with Crippen molar-refractivity contribution in [3.05, 3.63) is 29.3 Å². The number of carbonyl (C=O) groups is 1. The van der Waals surface area contributed by atoms with Crippen molar-refractivity contribution in [1.82, 2.24) is 14.7 Å². The van der Waals surface area contributed by atoms with Gasteiger partial charge in [0, 0.05) is 75.6 Å². The highest BCUT2D eigenvalue weighted by molar-refractivity contribution is 5.95. The molecule has 0 radical (unpaired) electrons. The van der Waals surface area contributed by atoms with Crippen LogP contribution in [-0.4, -0.2) is 90.7 Å². The number of nitrogens with zero attached hydrogens (tertiary/aromatic N) is 3. The van der Waals surface area contributed by atoms with Crippen LogP contribution >= 0.6 is 0 Å². The Hall–Kier alpha value is -1.63. The first-order valence-corrected chi connectivity index (χ1v) is 11.3. The van der Waals surface area contributed by atoms with Gasteiger partial charge in [-0.15, -0.1) is 0 Å². The molecule has 0 aliphatic carbocycles. The van der Waals surface area contributed by atoms with E-state index in [1.807, 2.05) is 11.0 Å². The topological polar surface area (TPSA) is 59.0 Å². The number of hydrogen-bond acceptors (Lipinski definition) is 5. The highest BCUT2D eigenvalue weighted by Gasteiger charge is 2.29. The summed E-state index contributed by atoms with van der Waals surface area (Å²) >= 11 is 0.